The number of nitrogens with one attached hydrogen (secondary N) is 2. The van der Waals surface area contributed by atoms with E-state index in [4.69, 9.17) is 0 Å². The summed E-state index contributed by atoms with van der Waals surface area (Å²) in [4.78, 5) is 15.4. The molecule has 15 heavy (non-hydrogen) atoms. The summed E-state index contributed by atoms with van der Waals surface area (Å²) in [5.74, 6) is 1.94. The first-order valence-electron chi connectivity index (χ1n) is 5.39. The van der Waals surface area contributed by atoms with Gasteiger partial charge in [0, 0.05) is 18.9 Å². The van der Waals surface area contributed by atoms with Gasteiger partial charge in [-0.05, 0) is 18.8 Å². The van der Waals surface area contributed by atoms with Crippen molar-refractivity contribution >= 4 is 5.91 Å². The standard InChI is InChI=1S/C10H16N4O/c1-7-5-8(7)10(15)11-4-2-3-9-12-6-13-14-9/h6-8H,2-5H2,1H3,(H,11,15)(H,12,13,14). The first kappa shape index (κ1) is 10.1. The minimum absolute atomic E-state index is 0.208. The van der Waals surface area contributed by atoms with E-state index in [0.717, 1.165) is 31.6 Å². The van der Waals surface area contributed by atoms with Crippen LogP contribution in [0, 0.1) is 11.8 Å². The Morgan fingerprint density at radius 3 is 3.13 bits per heavy atom. The SMILES string of the molecule is CC1CC1C(=O)NCCCc1ncn[nH]1. The fourth-order valence-corrected chi connectivity index (χ4v) is 1.64. The predicted octanol–water partition coefficient (Wildman–Crippen LogP) is 0.509. The summed E-state index contributed by atoms with van der Waals surface area (Å²) in [5.41, 5.74) is 0. The van der Waals surface area contributed by atoms with Gasteiger partial charge in [0.15, 0.2) is 0 Å². The maximum absolute atomic E-state index is 11.4. The van der Waals surface area contributed by atoms with Gasteiger partial charge in [0.1, 0.15) is 12.2 Å². The highest BCUT2D eigenvalue weighted by Crippen LogP contribution is 2.37. The third-order valence-corrected chi connectivity index (χ3v) is 2.80. The molecule has 0 spiro atoms. The van der Waals surface area contributed by atoms with Gasteiger partial charge in [0.05, 0.1) is 0 Å². The van der Waals surface area contributed by atoms with E-state index in [1.807, 2.05) is 0 Å². The van der Waals surface area contributed by atoms with Crippen molar-refractivity contribution in [3.05, 3.63) is 12.2 Å². The third kappa shape index (κ3) is 2.78. The van der Waals surface area contributed by atoms with Crippen LogP contribution in [0.4, 0.5) is 0 Å². The maximum Gasteiger partial charge on any atom is 0.223 e. The molecule has 0 saturated heterocycles. The molecule has 1 heterocycles. The van der Waals surface area contributed by atoms with Gasteiger partial charge in [-0.15, -0.1) is 0 Å². The summed E-state index contributed by atoms with van der Waals surface area (Å²) in [5, 5.41) is 9.49. The molecule has 1 fully saturated rings. The van der Waals surface area contributed by atoms with Crippen molar-refractivity contribution in [1.29, 1.82) is 0 Å². The molecule has 1 aromatic rings. The van der Waals surface area contributed by atoms with E-state index < -0.39 is 0 Å². The van der Waals surface area contributed by atoms with E-state index in [9.17, 15) is 4.79 Å². The number of rotatable bonds is 5. The summed E-state index contributed by atoms with van der Waals surface area (Å²) in [6.07, 6.45) is 4.29. The normalized spacial score (nSPS) is 23.8. The van der Waals surface area contributed by atoms with E-state index in [0.29, 0.717) is 5.92 Å². The molecule has 2 unspecified atom stereocenters. The van der Waals surface area contributed by atoms with E-state index in [1.165, 1.54) is 6.33 Å². The highest BCUT2D eigenvalue weighted by Gasteiger charge is 2.38. The highest BCUT2D eigenvalue weighted by molar-refractivity contribution is 5.81. The first-order valence-corrected chi connectivity index (χ1v) is 5.39. The Hall–Kier alpha value is -1.39. The Bertz CT molecular complexity index is 322. The van der Waals surface area contributed by atoms with Gasteiger partial charge in [0.2, 0.25) is 5.91 Å². The Balaban J connectivity index is 1.57. The van der Waals surface area contributed by atoms with Gasteiger partial charge in [-0.2, -0.15) is 5.10 Å². The first-order chi connectivity index (χ1) is 7.27. The largest absolute Gasteiger partial charge is 0.356 e. The van der Waals surface area contributed by atoms with Gasteiger partial charge >= 0.3 is 0 Å². The number of amides is 1. The number of hydrogen-bond acceptors (Lipinski definition) is 3. The molecule has 82 valence electrons. The topological polar surface area (TPSA) is 70.7 Å². The summed E-state index contributed by atoms with van der Waals surface area (Å²) >= 11 is 0. The van der Waals surface area contributed by atoms with E-state index in [2.05, 4.69) is 27.4 Å². The molecule has 0 radical (unpaired) electrons. The number of nitrogens with zero attached hydrogens (tertiary/aromatic N) is 2. The van der Waals surface area contributed by atoms with Crippen molar-refractivity contribution in [1.82, 2.24) is 20.5 Å². The summed E-state index contributed by atoms with van der Waals surface area (Å²) < 4.78 is 0. The summed E-state index contributed by atoms with van der Waals surface area (Å²) in [6.45, 7) is 2.83. The van der Waals surface area contributed by atoms with Crippen LogP contribution in [0.25, 0.3) is 0 Å². The van der Waals surface area contributed by atoms with Crippen LogP contribution >= 0.6 is 0 Å². The molecule has 1 aromatic heterocycles. The second kappa shape index (κ2) is 4.42. The summed E-state index contributed by atoms with van der Waals surface area (Å²) in [6, 6.07) is 0. The maximum atomic E-state index is 11.4. The van der Waals surface area contributed by atoms with Crippen LogP contribution in [0.1, 0.15) is 25.6 Å². The number of carbonyl (C=O) groups is 1. The number of hydrogen-bond donors (Lipinski definition) is 2. The van der Waals surface area contributed by atoms with Crippen LogP contribution < -0.4 is 5.32 Å². The Labute approximate surface area is 88.7 Å². The smallest absolute Gasteiger partial charge is 0.223 e. The molecule has 1 saturated carbocycles. The fraction of sp³-hybridized carbons (Fsp3) is 0.700. The molecule has 0 aliphatic heterocycles. The molecule has 1 aliphatic rings. The monoisotopic (exact) mass is 208 g/mol. The molecular weight excluding hydrogens is 192 g/mol. The average molecular weight is 208 g/mol. The van der Waals surface area contributed by atoms with Crippen molar-refractivity contribution in [2.75, 3.05) is 6.54 Å². The Kier molecular flexibility index (Phi) is 2.99. The van der Waals surface area contributed by atoms with Crippen LogP contribution in [-0.4, -0.2) is 27.6 Å². The zero-order valence-electron chi connectivity index (χ0n) is 8.86. The number of aryl methyl sites for hydroxylation is 1. The van der Waals surface area contributed by atoms with E-state index in [1.54, 1.807) is 0 Å². The number of H-pyrrole nitrogens is 1. The van der Waals surface area contributed by atoms with Crippen LogP contribution in [-0.2, 0) is 11.2 Å². The molecule has 2 N–H and O–H groups in total. The van der Waals surface area contributed by atoms with Crippen molar-refractivity contribution in [3.8, 4) is 0 Å². The van der Waals surface area contributed by atoms with E-state index >= 15 is 0 Å². The lowest BCUT2D eigenvalue weighted by Crippen LogP contribution is -2.26. The van der Waals surface area contributed by atoms with Gasteiger partial charge in [0.25, 0.3) is 0 Å². The van der Waals surface area contributed by atoms with Gasteiger partial charge in [-0.1, -0.05) is 6.92 Å². The van der Waals surface area contributed by atoms with Crippen LogP contribution in [0.15, 0.2) is 6.33 Å². The highest BCUT2D eigenvalue weighted by atomic mass is 16.2. The molecule has 2 rings (SSSR count). The van der Waals surface area contributed by atoms with Gasteiger partial charge in [-0.3, -0.25) is 9.89 Å². The molecule has 1 amide bonds. The zero-order valence-corrected chi connectivity index (χ0v) is 8.86. The molecule has 1 aliphatic carbocycles. The van der Waals surface area contributed by atoms with Gasteiger partial charge in [-0.25, -0.2) is 4.98 Å². The lowest BCUT2D eigenvalue weighted by atomic mass is 10.3. The third-order valence-electron chi connectivity index (χ3n) is 2.80. The van der Waals surface area contributed by atoms with E-state index in [-0.39, 0.29) is 11.8 Å². The Morgan fingerprint density at radius 2 is 2.53 bits per heavy atom. The number of carbonyl (C=O) groups excluding carboxylic acids is 1. The minimum atomic E-state index is 0.208. The van der Waals surface area contributed by atoms with Crippen molar-refractivity contribution < 1.29 is 4.79 Å². The lowest BCUT2D eigenvalue weighted by Gasteiger charge is -2.02. The van der Waals surface area contributed by atoms with Gasteiger partial charge < -0.3 is 5.32 Å². The molecule has 0 aromatic carbocycles. The van der Waals surface area contributed by atoms with Crippen LogP contribution in [0.2, 0.25) is 0 Å². The Morgan fingerprint density at radius 1 is 1.73 bits per heavy atom. The molecule has 5 nitrogen and oxygen atoms in total. The quantitative estimate of drug-likeness (QED) is 0.693. The minimum Gasteiger partial charge on any atom is -0.356 e. The zero-order chi connectivity index (χ0) is 10.7. The average Bonchev–Trinajstić information content (AvgIpc) is 2.77. The number of aromatic amines is 1. The number of aromatic nitrogens is 3. The molecular formula is C10H16N4O. The van der Waals surface area contributed by atoms with Crippen molar-refractivity contribution in [3.63, 3.8) is 0 Å². The molecule has 5 heteroatoms. The van der Waals surface area contributed by atoms with Crippen LogP contribution in [0.5, 0.6) is 0 Å². The second-order valence-corrected chi connectivity index (χ2v) is 4.15. The van der Waals surface area contributed by atoms with Crippen LogP contribution in [0.3, 0.4) is 0 Å². The summed E-state index contributed by atoms with van der Waals surface area (Å²) in [7, 11) is 0. The second-order valence-electron chi connectivity index (χ2n) is 4.15. The fourth-order valence-electron chi connectivity index (χ4n) is 1.64. The lowest BCUT2D eigenvalue weighted by molar-refractivity contribution is -0.122. The predicted molar refractivity (Wildman–Crippen MR) is 55.0 cm³/mol. The molecule has 2 atom stereocenters. The van der Waals surface area contributed by atoms with Crippen molar-refractivity contribution in [2.24, 2.45) is 11.8 Å². The van der Waals surface area contributed by atoms with Crippen molar-refractivity contribution in [2.45, 2.75) is 26.2 Å². The molecule has 0 bridgehead atoms.